The first-order valence-corrected chi connectivity index (χ1v) is 10.1. The molecule has 0 amide bonds. The van der Waals surface area contributed by atoms with Crippen LogP contribution in [0.4, 0.5) is 0 Å². The zero-order valence-corrected chi connectivity index (χ0v) is 15.6. The second-order valence-electron chi connectivity index (χ2n) is 8.25. The maximum Gasteiger partial charge on any atom is 0.0110 e. The first-order chi connectivity index (χ1) is 11.2. The average Bonchev–Trinajstić information content (AvgIpc) is 2.59. The van der Waals surface area contributed by atoms with Gasteiger partial charge in [-0.3, -0.25) is 0 Å². The van der Waals surface area contributed by atoms with Crippen LogP contribution in [0.15, 0.2) is 0 Å². The standard InChI is InChI=1S/C19H38N4/c1-3-21-8-4-5-19(16-21)17-22-9-6-18(7-10-22)15-23-13-11-20(2)12-14-23/h18-19H,3-17H2,1-2H3/t19-/m0/s1. The normalized spacial score (nSPS) is 30.8. The van der Waals surface area contributed by atoms with Gasteiger partial charge in [0.25, 0.3) is 0 Å². The van der Waals surface area contributed by atoms with Gasteiger partial charge in [0.05, 0.1) is 0 Å². The fourth-order valence-corrected chi connectivity index (χ4v) is 4.70. The van der Waals surface area contributed by atoms with E-state index in [4.69, 9.17) is 0 Å². The summed E-state index contributed by atoms with van der Waals surface area (Å²) >= 11 is 0. The van der Waals surface area contributed by atoms with Gasteiger partial charge in [-0.2, -0.15) is 0 Å². The van der Waals surface area contributed by atoms with E-state index in [2.05, 4.69) is 33.6 Å². The predicted octanol–water partition coefficient (Wildman–Crippen LogP) is 1.68. The van der Waals surface area contributed by atoms with Crippen molar-refractivity contribution < 1.29 is 0 Å². The number of nitrogens with zero attached hydrogens (tertiary/aromatic N) is 4. The molecule has 0 bridgehead atoms. The fourth-order valence-electron chi connectivity index (χ4n) is 4.70. The van der Waals surface area contributed by atoms with Crippen LogP contribution in [0.5, 0.6) is 0 Å². The Morgan fingerprint density at radius 3 is 2.04 bits per heavy atom. The third-order valence-electron chi connectivity index (χ3n) is 6.39. The Balaban J connectivity index is 1.34. The van der Waals surface area contributed by atoms with Crippen molar-refractivity contribution in [3.63, 3.8) is 0 Å². The highest BCUT2D eigenvalue weighted by Gasteiger charge is 2.26. The number of likely N-dealkylation sites (tertiary alicyclic amines) is 2. The van der Waals surface area contributed by atoms with Gasteiger partial charge in [-0.1, -0.05) is 6.92 Å². The highest BCUT2D eigenvalue weighted by Crippen LogP contribution is 2.23. The van der Waals surface area contributed by atoms with Crippen LogP contribution in [0.25, 0.3) is 0 Å². The van der Waals surface area contributed by atoms with E-state index in [0.29, 0.717) is 0 Å². The molecule has 0 N–H and O–H groups in total. The number of piperidine rings is 2. The Kier molecular flexibility index (Phi) is 6.75. The van der Waals surface area contributed by atoms with Crippen LogP contribution in [-0.2, 0) is 0 Å². The molecule has 0 aromatic heterocycles. The van der Waals surface area contributed by atoms with Crippen LogP contribution >= 0.6 is 0 Å². The maximum atomic E-state index is 2.77. The van der Waals surface area contributed by atoms with E-state index >= 15 is 0 Å². The number of rotatable bonds is 5. The molecule has 134 valence electrons. The van der Waals surface area contributed by atoms with Gasteiger partial charge < -0.3 is 19.6 Å². The second-order valence-corrected chi connectivity index (χ2v) is 8.25. The van der Waals surface area contributed by atoms with E-state index in [9.17, 15) is 0 Å². The molecule has 0 radical (unpaired) electrons. The van der Waals surface area contributed by atoms with Gasteiger partial charge in [-0.25, -0.2) is 0 Å². The lowest BCUT2D eigenvalue weighted by atomic mass is 9.93. The Hall–Kier alpha value is -0.160. The summed E-state index contributed by atoms with van der Waals surface area (Å²) in [5, 5.41) is 0. The van der Waals surface area contributed by atoms with E-state index in [0.717, 1.165) is 11.8 Å². The summed E-state index contributed by atoms with van der Waals surface area (Å²) in [5.74, 6) is 1.88. The number of piperazine rings is 1. The van der Waals surface area contributed by atoms with Crippen LogP contribution in [-0.4, -0.2) is 98.6 Å². The van der Waals surface area contributed by atoms with E-state index < -0.39 is 0 Å². The van der Waals surface area contributed by atoms with Crippen molar-refractivity contribution in [2.45, 2.75) is 32.6 Å². The first-order valence-electron chi connectivity index (χ1n) is 10.1. The Morgan fingerprint density at radius 2 is 1.35 bits per heavy atom. The minimum absolute atomic E-state index is 0.929. The lowest BCUT2D eigenvalue weighted by Crippen LogP contribution is -2.48. The topological polar surface area (TPSA) is 13.0 Å². The highest BCUT2D eigenvalue weighted by molar-refractivity contribution is 4.81. The Labute approximate surface area is 143 Å². The van der Waals surface area contributed by atoms with Crippen molar-refractivity contribution in [3.8, 4) is 0 Å². The molecule has 4 heteroatoms. The Bertz CT molecular complexity index is 332. The van der Waals surface area contributed by atoms with Gasteiger partial charge in [0.2, 0.25) is 0 Å². The maximum absolute atomic E-state index is 2.77. The van der Waals surface area contributed by atoms with Crippen LogP contribution in [0, 0.1) is 11.8 Å². The molecule has 1 atom stereocenters. The zero-order valence-electron chi connectivity index (χ0n) is 15.6. The van der Waals surface area contributed by atoms with E-state index in [1.807, 2.05) is 0 Å². The van der Waals surface area contributed by atoms with Crippen LogP contribution in [0.1, 0.15) is 32.6 Å². The molecule has 3 fully saturated rings. The lowest BCUT2D eigenvalue weighted by molar-refractivity contribution is 0.0869. The molecule has 0 unspecified atom stereocenters. The highest BCUT2D eigenvalue weighted by atomic mass is 15.2. The zero-order chi connectivity index (χ0) is 16.1. The van der Waals surface area contributed by atoms with Gasteiger partial charge >= 0.3 is 0 Å². The molecule has 23 heavy (non-hydrogen) atoms. The predicted molar refractivity (Wildman–Crippen MR) is 97.9 cm³/mol. The number of hydrogen-bond acceptors (Lipinski definition) is 4. The fraction of sp³-hybridized carbons (Fsp3) is 1.00. The summed E-state index contributed by atoms with van der Waals surface area (Å²) in [4.78, 5) is 10.6. The summed E-state index contributed by atoms with van der Waals surface area (Å²) in [7, 11) is 2.25. The van der Waals surface area contributed by atoms with Crippen LogP contribution in [0.2, 0.25) is 0 Å². The van der Waals surface area contributed by atoms with Crippen LogP contribution < -0.4 is 0 Å². The van der Waals surface area contributed by atoms with Gasteiger partial charge in [-0.15, -0.1) is 0 Å². The van der Waals surface area contributed by atoms with Gasteiger partial charge in [0.15, 0.2) is 0 Å². The van der Waals surface area contributed by atoms with Gasteiger partial charge in [0.1, 0.15) is 0 Å². The van der Waals surface area contributed by atoms with E-state index in [1.165, 1.54) is 97.7 Å². The van der Waals surface area contributed by atoms with E-state index in [1.54, 1.807) is 0 Å². The molecular weight excluding hydrogens is 284 g/mol. The summed E-state index contributed by atoms with van der Waals surface area (Å²) < 4.78 is 0. The summed E-state index contributed by atoms with van der Waals surface area (Å²) in [6.07, 6.45) is 5.73. The van der Waals surface area contributed by atoms with Crippen molar-refractivity contribution >= 4 is 0 Å². The van der Waals surface area contributed by atoms with Crippen molar-refractivity contribution in [2.24, 2.45) is 11.8 Å². The van der Waals surface area contributed by atoms with Crippen molar-refractivity contribution in [1.29, 1.82) is 0 Å². The molecule has 0 spiro atoms. The molecule has 3 heterocycles. The molecule has 3 rings (SSSR count). The molecule has 0 aromatic rings. The van der Waals surface area contributed by atoms with Crippen molar-refractivity contribution in [3.05, 3.63) is 0 Å². The molecule has 0 aliphatic carbocycles. The molecule has 3 aliphatic heterocycles. The van der Waals surface area contributed by atoms with E-state index in [-0.39, 0.29) is 0 Å². The smallest absolute Gasteiger partial charge is 0.0110 e. The summed E-state index contributed by atoms with van der Waals surface area (Å²) in [6, 6.07) is 0. The van der Waals surface area contributed by atoms with Gasteiger partial charge in [0, 0.05) is 45.8 Å². The molecule has 0 saturated carbocycles. The lowest BCUT2D eigenvalue weighted by Gasteiger charge is -2.40. The molecule has 3 aliphatic rings. The van der Waals surface area contributed by atoms with Gasteiger partial charge in [-0.05, 0) is 70.7 Å². The minimum atomic E-state index is 0.929. The monoisotopic (exact) mass is 322 g/mol. The Morgan fingerprint density at radius 1 is 0.696 bits per heavy atom. The summed E-state index contributed by atoms with van der Waals surface area (Å²) in [5.41, 5.74) is 0. The van der Waals surface area contributed by atoms with Crippen LogP contribution in [0.3, 0.4) is 0 Å². The second kappa shape index (κ2) is 8.80. The molecular formula is C19H38N4. The molecule has 4 nitrogen and oxygen atoms in total. The molecule has 0 aromatic carbocycles. The SMILES string of the molecule is CCN1CCC[C@H](CN2CCC(CN3CCN(C)CC3)CC2)C1. The van der Waals surface area contributed by atoms with Crippen molar-refractivity contribution in [1.82, 2.24) is 19.6 Å². The third kappa shape index (κ3) is 5.42. The minimum Gasteiger partial charge on any atom is -0.304 e. The summed E-state index contributed by atoms with van der Waals surface area (Å²) in [6.45, 7) is 16.7. The first kappa shape index (κ1) is 17.7. The average molecular weight is 323 g/mol. The largest absolute Gasteiger partial charge is 0.304 e. The number of likely N-dealkylation sites (N-methyl/N-ethyl adjacent to an activating group) is 1. The number of hydrogen-bond donors (Lipinski definition) is 0. The van der Waals surface area contributed by atoms with Crippen molar-refractivity contribution in [2.75, 3.05) is 79.0 Å². The molecule has 3 saturated heterocycles. The quantitative estimate of drug-likeness (QED) is 0.763. The third-order valence-corrected chi connectivity index (χ3v) is 6.39.